The number of fused-ring (bicyclic) bond motifs is 3. The van der Waals surface area contributed by atoms with Crippen molar-refractivity contribution in [1.29, 1.82) is 0 Å². The summed E-state index contributed by atoms with van der Waals surface area (Å²) in [5.74, 6) is 1.20. The number of para-hydroxylation sites is 1. The fourth-order valence-electron chi connectivity index (χ4n) is 4.02. The van der Waals surface area contributed by atoms with E-state index >= 15 is 0 Å². The van der Waals surface area contributed by atoms with Gasteiger partial charge in [0.05, 0.1) is 17.7 Å². The molecule has 2 amide bonds. The molecule has 0 bridgehead atoms. The summed E-state index contributed by atoms with van der Waals surface area (Å²) in [4.78, 5) is 28.7. The highest BCUT2D eigenvalue weighted by molar-refractivity contribution is 5.96. The molecule has 154 valence electrons. The van der Waals surface area contributed by atoms with Crippen LogP contribution in [-0.4, -0.2) is 66.2 Å². The van der Waals surface area contributed by atoms with Crippen LogP contribution in [-0.2, 0) is 16.1 Å². The van der Waals surface area contributed by atoms with E-state index in [2.05, 4.69) is 5.16 Å². The van der Waals surface area contributed by atoms with Gasteiger partial charge < -0.3 is 23.8 Å². The first kappa shape index (κ1) is 19.4. The van der Waals surface area contributed by atoms with Crippen molar-refractivity contribution in [2.75, 3.05) is 33.4 Å². The predicted molar refractivity (Wildman–Crippen MR) is 104 cm³/mol. The largest absolute Gasteiger partial charge is 0.488 e. The summed E-state index contributed by atoms with van der Waals surface area (Å²) in [5, 5.41) is 4.11. The van der Waals surface area contributed by atoms with Crippen molar-refractivity contribution in [3.8, 4) is 17.1 Å². The zero-order valence-corrected chi connectivity index (χ0v) is 16.7. The molecule has 0 aliphatic carbocycles. The normalized spacial score (nSPS) is 16.0. The number of carbonyl (C=O) groups excluding carboxylic acids is 2. The summed E-state index contributed by atoms with van der Waals surface area (Å²) in [5.41, 5.74) is 1.77. The highest BCUT2D eigenvalue weighted by Crippen LogP contribution is 2.39. The highest BCUT2D eigenvalue weighted by atomic mass is 16.5. The minimum absolute atomic E-state index is 0.0254. The van der Waals surface area contributed by atoms with E-state index in [-0.39, 0.29) is 24.5 Å². The molecule has 2 aromatic rings. The zero-order valence-electron chi connectivity index (χ0n) is 16.7. The lowest BCUT2D eigenvalue weighted by Gasteiger charge is -2.38. The number of rotatable bonds is 5. The van der Waals surface area contributed by atoms with Gasteiger partial charge in [-0.1, -0.05) is 17.3 Å². The van der Waals surface area contributed by atoms with Crippen molar-refractivity contribution in [1.82, 2.24) is 15.0 Å². The third kappa shape index (κ3) is 3.72. The molecule has 1 fully saturated rings. The molecule has 8 nitrogen and oxygen atoms in total. The molecule has 4 rings (SSSR count). The van der Waals surface area contributed by atoms with E-state index in [9.17, 15) is 9.59 Å². The Balaban J connectivity index is 1.58. The van der Waals surface area contributed by atoms with Crippen molar-refractivity contribution in [3.63, 3.8) is 0 Å². The molecule has 0 unspecified atom stereocenters. The Bertz CT molecular complexity index is 901. The molecule has 3 heterocycles. The zero-order chi connectivity index (χ0) is 20.4. The second kappa shape index (κ2) is 8.24. The van der Waals surface area contributed by atoms with E-state index in [1.807, 2.05) is 29.2 Å². The van der Waals surface area contributed by atoms with Gasteiger partial charge in [-0.3, -0.25) is 9.59 Å². The van der Waals surface area contributed by atoms with E-state index in [1.54, 1.807) is 18.9 Å². The summed E-state index contributed by atoms with van der Waals surface area (Å²) < 4.78 is 16.6. The molecule has 2 aliphatic rings. The summed E-state index contributed by atoms with van der Waals surface area (Å²) in [6.45, 7) is 4.00. The Labute approximate surface area is 169 Å². The fourth-order valence-corrected chi connectivity index (χ4v) is 4.02. The maximum Gasteiger partial charge on any atom is 0.276 e. The van der Waals surface area contributed by atoms with Gasteiger partial charge in [0, 0.05) is 39.7 Å². The number of methoxy groups -OCH3 is 1. The highest BCUT2D eigenvalue weighted by Gasteiger charge is 2.34. The van der Waals surface area contributed by atoms with Crippen molar-refractivity contribution >= 4 is 11.8 Å². The van der Waals surface area contributed by atoms with E-state index in [0.29, 0.717) is 43.3 Å². The molecule has 0 saturated carbocycles. The fraction of sp³-hybridized carbons (Fsp3) is 0.476. The lowest BCUT2D eigenvalue weighted by atomic mass is 10.0. The van der Waals surface area contributed by atoms with Crippen molar-refractivity contribution in [2.24, 2.45) is 0 Å². The molecule has 0 spiro atoms. The van der Waals surface area contributed by atoms with Gasteiger partial charge in [0.15, 0.2) is 11.5 Å². The first-order valence-electron chi connectivity index (χ1n) is 9.86. The minimum atomic E-state index is -0.184. The lowest BCUT2D eigenvalue weighted by molar-refractivity contribution is -0.130. The molecule has 1 aromatic carbocycles. The van der Waals surface area contributed by atoms with Gasteiger partial charge in [0.1, 0.15) is 12.4 Å². The number of nitrogens with zero attached hydrogens (tertiary/aromatic N) is 3. The number of hydrogen-bond donors (Lipinski definition) is 0. The number of ether oxygens (including phenoxy) is 2. The van der Waals surface area contributed by atoms with E-state index in [0.717, 1.165) is 24.2 Å². The molecular weight excluding hydrogens is 374 g/mol. The van der Waals surface area contributed by atoms with Crippen molar-refractivity contribution < 1.29 is 23.6 Å². The van der Waals surface area contributed by atoms with Crippen LogP contribution in [0.4, 0.5) is 0 Å². The first-order valence-corrected chi connectivity index (χ1v) is 9.86. The van der Waals surface area contributed by atoms with Crippen LogP contribution in [0.25, 0.3) is 11.3 Å². The second-order valence-electron chi connectivity index (χ2n) is 7.35. The number of carbonyl (C=O) groups is 2. The van der Waals surface area contributed by atoms with Crippen LogP contribution in [0.2, 0.25) is 0 Å². The summed E-state index contributed by atoms with van der Waals surface area (Å²) in [7, 11) is 1.61. The van der Waals surface area contributed by atoms with E-state index < -0.39 is 0 Å². The molecule has 8 heteroatoms. The SMILES string of the molecule is COCCN(C(=O)c1noc2c1COc1ccccc1-2)C1CCN(C(C)=O)CC1. The number of amides is 2. The summed E-state index contributed by atoms with van der Waals surface area (Å²) in [6, 6.07) is 7.58. The number of piperidine rings is 1. The first-order chi connectivity index (χ1) is 14.1. The van der Waals surface area contributed by atoms with Crippen LogP contribution in [0.1, 0.15) is 35.8 Å². The smallest absolute Gasteiger partial charge is 0.276 e. The third-order valence-electron chi connectivity index (χ3n) is 5.64. The molecular formula is C21H25N3O5. The lowest BCUT2D eigenvalue weighted by Crippen LogP contribution is -2.49. The van der Waals surface area contributed by atoms with Crippen LogP contribution in [0.3, 0.4) is 0 Å². The maximum absolute atomic E-state index is 13.4. The van der Waals surface area contributed by atoms with Gasteiger partial charge in [-0.2, -0.15) is 0 Å². The van der Waals surface area contributed by atoms with Gasteiger partial charge >= 0.3 is 0 Å². The van der Waals surface area contributed by atoms with Crippen LogP contribution >= 0.6 is 0 Å². The van der Waals surface area contributed by atoms with Gasteiger partial charge in [-0.05, 0) is 25.0 Å². The Morgan fingerprint density at radius 1 is 1.28 bits per heavy atom. The average Bonchev–Trinajstić information content (AvgIpc) is 3.19. The molecule has 2 aliphatic heterocycles. The summed E-state index contributed by atoms with van der Waals surface area (Å²) in [6.07, 6.45) is 1.46. The average molecular weight is 399 g/mol. The third-order valence-corrected chi connectivity index (χ3v) is 5.64. The Morgan fingerprint density at radius 2 is 2.03 bits per heavy atom. The second-order valence-corrected chi connectivity index (χ2v) is 7.35. The number of benzene rings is 1. The van der Waals surface area contributed by atoms with Crippen LogP contribution < -0.4 is 4.74 Å². The number of hydrogen-bond acceptors (Lipinski definition) is 6. The molecule has 1 aromatic heterocycles. The standard InChI is InChI=1S/C21H25N3O5/c1-14(25)23-9-7-15(8-10-23)24(11-12-27-2)21(26)19-17-13-28-18-6-4-3-5-16(18)20(17)29-22-19/h3-6,15H,7-13H2,1-2H3. The minimum Gasteiger partial charge on any atom is -0.488 e. The quantitative estimate of drug-likeness (QED) is 0.767. The maximum atomic E-state index is 13.4. The monoisotopic (exact) mass is 399 g/mol. The van der Waals surface area contributed by atoms with E-state index in [1.165, 1.54) is 0 Å². The van der Waals surface area contributed by atoms with Gasteiger partial charge in [-0.15, -0.1) is 0 Å². The Morgan fingerprint density at radius 3 is 2.76 bits per heavy atom. The molecule has 0 atom stereocenters. The molecule has 0 N–H and O–H groups in total. The topological polar surface area (TPSA) is 85.1 Å². The van der Waals surface area contributed by atoms with Crippen LogP contribution in [0, 0.1) is 0 Å². The van der Waals surface area contributed by atoms with Gasteiger partial charge in [0.2, 0.25) is 5.91 Å². The molecule has 1 saturated heterocycles. The molecule has 0 radical (unpaired) electrons. The Kier molecular flexibility index (Phi) is 5.53. The van der Waals surface area contributed by atoms with Gasteiger partial charge in [-0.25, -0.2) is 0 Å². The Hall–Kier alpha value is -2.87. The van der Waals surface area contributed by atoms with Crippen molar-refractivity contribution in [3.05, 3.63) is 35.5 Å². The number of aromatic nitrogens is 1. The van der Waals surface area contributed by atoms with Crippen LogP contribution in [0.5, 0.6) is 5.75 Å². The predicted octanol–water partition coefficient (Wildman–Crippen LogP) is 2.33. The van der Waals surface area contributed by atoms with Crippen molar-refractivity contribution in [2.45, 2.75) is 32.4 Å². The summed E-state index contributed by atoms with van der Waals surface area (Å²) >= 11 is 0. The van der Waals surface area contributed by atoms with Gasteiger partial charge in [0.25, 0.3) is 5.91 Å². The van der Waals surface area contributed by atoms with E-state index in [4.69, 9.17) is 14.0 Å². The molecule has 29 heavy (non-hydrogen) atoms. The van der Waals surface area contributed by atoms with Crippen LogP contribution in [0.15, 0.2) is 28.8 Å². The number of likely N-dealkylation sites (tertiary alicyclic amines) is 1.